The highest BCUT2D eigenvalue weighted by atomic mass is 35.5. The molecule has 20 heavy (non-hydrogen) atoms. The molecule has 1 rings (SSSR count). The van der Waals surface area contributed by atoms with Crippen molar-refractivity contribution < 1.29 is 8.42 Å². The van der Waals surface area contributed by atoms with E-state index in [4.69, 9.17) is 11.6 Å². The third-order valence-electron chi connectivity index (χ3n) is 3.18. The van der Waals surface area contributed by atoms with Crippen molar-refractivity contribution in [2.24, 2.45) is 5.41 Å². The van der Waals surface area contributed by atoms with Crippen molar-refractivity contribution in [1.82, 2.24) is 4.31 Å². The Labute approximate surface area is 127 Å². The zero-order valence-electron chi connectivity index (χ0n) is 12.5. The first kappa shape index (κ1) is 17.3. The molecule has 4 nitrogen and oxygen atoms in total. The van der Waals surface area contributed by atoms with Crippen LogP contribution in [0, 0.1) is 5.41 Å². The molecule has 0 heterocycles. The third kappa shape index (κ3) is 4.65. The van der Waals surface area contributed by atoms with Gasteiger partial charge in [0.2, 0.25) is 10.0 Å². The smallest absolute Gasteiger partial charge is 0.242 e. The molecule has 1 aromatic carbocycles. The second-order valence-electron chi connectivity index (χ2n) is 5.77. The normalized spacial score (nSPS) is 12.7. The Morgan fingerprint density at radius 3 is 2.20 bits per heavy atom. The maximum atomic E-state index is 11.9. The van der Waals surface area contributed by atoms with E-state index in [0.29, 0.717) is 10.8 Å². The average Bonchev–Trinajstić information content (AvgIpc) is 2.37. The van der Waals surface area contributed by atoms with E-state index in [9.17, 15) is 8.42 Å². The van der Waals surface area contributed by atoms with Gasteiger partial charge < -0.3 is 5.32 Å². The minimum absolute atomic E-state index is 0.107. The molecule has 6 heteroatoms. The largest absolute Gasteiger partial charge is 0.385 e. The second kappa shape index (κ2) is 6.78. The highest BCUT2D eigenvalue weighted by Crippen LogP contribution is 2.22. The first-order valence-electron chi connectivity index (χ1n) is 6.51. The lowest BCUT2D eigenvalue weighted by molar-refractivity contribution is 0.379. The summed E-state index contributed by atoms with van der Waals surface area (Å²) >= 11 is 5.77. The van der Waals surface area contributed by atoms with Crippen LogP contribution in [0.25, 0.3) is 0 Å². The van der Waals surface area contributed by atoms with Crippen molar-refractivity contribution in [2.45, 2.75) is 25.2 Å². The minimum atomic E-state index is -3.36. The summed E-state index contributed by atoms with van der Waals surface area (Å²) in [5.41, 5.74) is 1.02. The lowest BCUT2D eigenvalue weighted by Gasteiger charge is -2.24. The van der Waals surface area contributed by atoms with Gasteiger partial charge >= 0.3 is 0 Å². The van der Waals surface area contributed by atoms with Crippen LogP contribution in [0.1, 0.15) is 20.3 Å². The summed E-state index contributed by atoms with van der Waals surface area (Å²) in [5, 5.41) is 3.31. The summed E-state index contributed by atoms with van der Waals surface area (Å²) < 4.78 is 25.1. The molecule has 1 N–H and O–H groups in total. The van der Waals surface area contributed by atoms with Crippen LogP contribution >= 0.6 is 11.6 Å². The molecule has 0 atom stereocenters. The maximum absolute atomic E-state index is 11.9. The number of hydrogen-bond acceptors (Lipinski definition) is 3. The number of rotatable bonds is 7. The van der Waals surface area contributed by atoms with Gasteiger partial charge in [-0.25, -0.2) is 12.7 Å². The Morgan fingerprint density at radius 2 is 1.75 bits per heavy atom. The summed E-state index contributed by atoms with van der Waals surface area (Å²) in [6, 6.07) is 6.80. The third-order valence-corrected chi connectivity index (χ3v) is 5.19. The fraction of sp³-hybridized carbons (Fsp3) is 0.571. The van der Waals surface area contributed by atoms with Crippen molar-refractivity contribution in [3.8, 4) is 0 Å². The number of halogens is 1. The van der Waals surface area contributed by atoms with E-state index in [0.717, 1.165) is 18.7 Å². The number of hydrogen-bond donors (Lipinski definition) is 1. The van der Waals surface area contributed by atoms with Crippen molar-refractivity contribution in [1.29, 1.82) is 0 Å². The monoisotopic (exact) mass is 318 g/mol. The fourth-order valence-electron chi connectivity index (χ4n) is 1.64. The molecule has 0 aliphatic rings. The van der Waals surface area contributed by atoms with Gasteiger partial charge in [-0.3, -0.25) is 0 Å². The number of anilines is 1. The SMILES string of the molecule is CN(C)S(=O)(=O)c1ccc(NCC(C)(C)CCCl)cc1. The minimum Gasteiger partial charge on any atom is -0.385 e. The second-order valence-corrected chi connectivity index (χ2v) is 8.30. The molecule has 114 valence electrons. The first-order chi connectivity index (χ1) is 9.19. The number of benzene rings is 1. The lowest BCUT2D eigenvalue weighted by atomic mass is 9.90. The Morgan fingerprint density at radius 1 is 1.20 bits per heavy atom. The van der Waals surface area contributed by atoms with Crippen LogP contribution in [0.5, 0.6) is 0 Å². The maximum Gasteiger partial charge on any atom is 0.242 e. The molecule has 0 aliphatic carbocycles. The lowest BCUT2D eigenvalue weighted by Crippen LogP contribution is -2.24. The van der Waals surface area contributed by atoms with Crippen LogP contribution in [0.15, 0.2) is 29.2 Å². The molecule has 0 amide bonds. The molecule has 0 saturated heterocycles. The van der Waals surface area contributed by atoms with E-state index < -0.39 is 10.0 Å². The summed E-state index contributed by atoms with van der Waals surface area (Å²) in [7, 11) is -0.310. The Hall–Kier alpha value is -0.780. The van der Waals surface area contributed by atoms with Crippen LogP contribution in [0.4, 0.5) is 5.69 Å². The van der Waals surface area contributed by atoms with Crippen molar-refractivity contribution in [3.63, 3.8) is 0 Å². The fourth-order valence-corrected chi connectivity index (χ4v) is 3.05. The molecule has 1 aromatic rings. The molecule has 0 bridgehead atoms. The molecule has 0 unspecified atom stereocenters. The van der Waals surface area contributed by atoms with Gasteiger partial charge in [0, 0.05) is 32.2 Å². The molecule has 0 radical (unpaired) electrons. The summed E-state index contributed by atoms with van der Waals surface area (Å²) in [4.78, 5) is 0.299. The van der Waals surface area contributed by atoms with Gasteiger partial charge in [0.25, 0.3) is 0 Å². The predicted molar refractivity (Wildman–Crippen MR) is 84.9 cm³/mol. The summed E-state index contributed by atoms with van der Waals surface area (Å²) in [6.45, 7) is 5.08. The Balaban J connectivity index is 2.74. The highest BCUT2D eigenvalue weighted by Gasteiger charge is 2.18. The summed E-state index contributed by atoms with van der Waals surface area (Å²) in [5.74, 6) is 0.634. The van der Waals surface area contributed by atoms with E-state index in [-0.39, 0.29) is 5.41 Å². The van der Waals surface area contributed by atoms with Gasteiger partial charge in [-0.15, -0.1) is 11.6 Å². The van der Waals surface area contributed by atoms with Crippen LogP contribution in [0.2, 0.25) is 0 Å². The van der Waals surface area contributed by atoms with Crippen LogP contribution < -0.4 is 5.32 Å². The van der Waals surface area contributed by atoms with Crippen LogP contribution in [-0.4, -0.2) is 39.2 Å². The Bertz CT molecular complexity index is 525. The number of nitrogens with one attached hydrogen (secondary N) is 1. The molecular weight excluding hydrogens is 296 g/mol. The number of alkyl halides is 1. The molecule has 0 aromatic heterocycles. The molecule has 0 fully saturated rings. The zero-order valence-corrected chi connectivity index (χ0v) is 14.1. The standard InChI is InChI=1S/C14H23ClN2O2S/c1-14(2,9-10-15)11-16-12-5-7-13(8-6-12)20(18,19)17(3)4/h5-8,16H,9-11H2,1-4H3. The number of sulfonamides is 1. The van der Waals surface area contributed by atoms with Gasteiger partial charge in [0.1, 0.15) is 0 Å². The van der Waals surface area contributed by atoms with E-state index in [1.54, 1.807) is 24.3 Å². The van der Waals surface area contributed by atoms with Gasteiger partial charge in [0.15, 0.2) is 0 Å². The number of nitrogens with zero attached hydrogens (tertiary/aromatic N) is 1. The Kier molecular flexibility index (Phi) is 5.86. The van der Waals surface area contributed by atoms with Crippen molar-refractivity contribution in [3.05, 3.63) is 24.3 Å². The van der Waals surface area contributed by atoms with Crippen molar-refractivity contribution >= 4 is 27.3 Å². The van der Waals surface area contributed by atoms with Gasteiger partial charge in [-0.05, 0) is 36.1 Å². The molecular formula is C14H23ClN2O2S. The van der Waals surface area contributed by atoms with Crippen LogP contribution in [-0.2, 0) is 10.0 Å². The van der Waals surface area contributed by atoms with E-state index in [1.807, 2.05) is 0 Å². The van der Waals surface area contributed by atoms with Crippen molar-refractivity contribution in [2.75, 3.05) is 31.8 Å². The summed E-state index contributed by atoms with van der Waals surface area (Å²) in [6.07, 6.45) is 0.925. The van der Waals surface area contributed by atoms with E-state index >= 15 is 0 Å². The quantitative estimate of drug-likeness (QED) is 0.786. The molecule has 0 spiro atoms. The van der Waals surface area contributed by atoms with Gasteiger partial charge in [0.05, 0.1) is 4.90 Å². The van der Waals surface area contributed by atoms with Gasteiger partial charge in [-0.2, -0.15) is 0 Å². The molecule has 0 aliphatic heterocycles. The van der Waals surface area contributed by atoms with Crippen LogP contribution in [0.3, 0.4) is 0 Å². The average molecular weight is 319 g/mol. The van der Waals surface area contributed by atoms with Gasteiger partial charge in [-0.1, -0.05) is 13.8 Å². The topological polar surface area (TPSA) is 49.4 Å². The zero-order chi connectivity index (χ0) is 15.4. The highest BCUT2D eigenvalue weighted by molar-refractivity contribution is 7.89. The van der Waals surface area contributed by atoms with E-state index in [1.165, 1.54) is 18.4 Å². The predicted octanol–water partition coefficient (Wildman–Crippen LogP) is 3.00. The first-order valence-corrected chi connectivity index (χ1v) is 8.49. The van der Waals surface area contributed by atoms with E-state index in [2.05, 4.69) is 19.2 Å². The molecule has 0 saturated carbocycles.